The van der Waals surface area contributed by atoms with Crippen molar-refractivity contribution in [1.29, 1.82) is 0 Å². The summed E-state index contributed by atoms with van der Waals surface area (Å²) in [7, 11) is -3.24. The summed E-state index contributed by atoms with van der Waals surface area (Å²) < 4.78 is 66.9. The van der Waals surface area contributed by atoms with E-state index in [0.717, 1.165) is 24.0 Å². The summed E-state index contributed by atoms with van der Waals surface area (Å²) in [6.45, 7) is 1.53. The van der Waals surface area contributed by atoms with Gasteiger partial charge in [-0.15, -0.1) is 0 Å². The highest BCUT2D eigenvalue weighted by atomic mass is 32.2. The molecular formula is C19H20F3NO3S. The van der Waals surface area contributed by atoms with Crippen LogP contribution < -0.4 is 5.32 Å². The van der Waals surface area contributed by atoms with Crippen LogP contribution >= 0.6 is 0 Å². The molecule has 2 atom stereocenters. The molecule has 8 heteroatoms. The van der Waals surface area contributed by atoms with Gasteiger partial charge >= 0.3 is 6.18 Å². The second kappa shape index (κ2) is 7.61. The fourth-order valence-corrected chi connectivity index (χ4v) is 3.75. The number of ether oxygens (including phenoxy) is 1. The molecule has 1 N–H and O–H groups in total. The molecule has 3 rings (SSSR count). The molecule has 1 fully saturated rings. The normalized spacial score (nSPS) is 20.7. The molecule has 0 aromatic heterocycles. The maximum absolute atomic E-state index is 12.6. The van der Waals surface area contributed by atoms with Gasteiger partial charge in [0.25, 0.3) is 0 Å². The number of nitrogens with one attached hydrogen (secondary N) is 1. The van der Waals surface area contributed by atoms with E-state index in [4.69, 9.17) is 4.74 Å². The molecule has 1 aliphatic heterocycles. The highest BCUT2D eigenvalue weighted by Gasteiger charge is 2.31. The molecule has 1 saturated heterocycles. The topological polar surface area (TPSA) is 55.4 Å². The average Bonchev–Trinajstić information content (AvgIpc) is 3.07. The van der Waals surface area contributed by atoms with Crippen molar-refractivity contribution >= 4 is 9.84 Å². The zero-order valence-electron chi connectivity index (χ0n) is 14.7. The van der Waals surface area contributed by atoms with Crippen molar-refractivity contribution < 1.29 is 26.3 Å². The van der Waals surface area contributed by atoms with Gasteiger partial charge in [-0.2, -0.15) is 13.2 Å². The van der Waals surface area contributed by atoms with Crippen LogP contribution in [0.3, 0.4) is 0 Å². The highest BCUT2D eigenvalue weighted by Crippen LogP contribution is 2.30. The first kappa shape index (κ1) is 19.9. The highest BCUT2D eigenvalue weighted by molar-refractivity contribution is 7.90. The summed E-state index contributed by atoms with van der Waals surface area (Å²) in [4.78, 5) is 0.263. The summed E-state index contributed by atoms with van der Waals surface area (Å²) in [5.74, 6) is 0.0491. The van der Waals surface area contributed by atoms with E-state index in [0.29, 0.717) is 18.7 Å². The Kier molecular flexibility index (Phi) is 5.60. The van der Waals surface area contributed by atoms with Crippen LogP contribution in [0.4, 0.5) is 13.2 Å². The van der Waals surface area contributed by atoms with Gasteiger partial charge in [-0.05, 0) is 35.4 Å². The van der Waals surface area contributed by atoms with E-state index in [1.54, 1.807) is 24.3 Å². The third-order valence-corrected chi connectivity index (χ3v) is 5.77. The van der Waals surface area contributed by atoms with Crippen LogP contribution in [-0.2, 0) is 27.4 Å². The SMILES string of the molecule is CS(=O)(=O)c1ccc([C@@H]2CNC[C@H]2OCc2ccc(C(F)(F)F)cc2)cc1. The quantitative estimate of drug-likeness (QED) is 0.838. The third-order valence-electron chi connectivity index (χ3n) is 4.64. The predicted octanol–water partition coefficient (Wildman–Crippen LogP) is 3.38. The zero-order valence-corrected chi connectivity index (χ0v) is 15.5. The van der Waals surface area contributed by atoms with Gasteiger partial charge in [0.15, 0.2) is 9.84 Å². The minimum atomic E-state index is -4.35. The van der Waals surface area contributed by atoms with E-state index in [1.165, 1.54) is 12.1 Å². The van der Waals surface area contributed by atoms with Crippen LogP contribution in [0.1, 0.15) is 22.6 Å². The van der Waals surface area contributed by atoms with Crippen LogP contribution in [0.5, 0.6) is 0 Å². The van der Waals surface area contributed by atoms with E-state index in [2.05, 4.69) is 5.32 Å². The van der Waals surface area contributed by atoms with E-state index in [1.807, 2.05) is 0 Å². The first-order valence-electron chi connectivity index (χ1n) is 8.43. The van der Waals surface area contributed by atoms with Crippen molar-refractivity contribution in [2.75, 3.05) is 19.3 Å². The number of halogens is 3. The Bertz CT molecular complexity index is 878. The first-order chi connectivity index (χ1) is 12.6. The lowest BCUT2D eigenvalue weighted by Crippen LogP contribution is -2.21. The molecule has 1 aliphatic rings. The standard InChI is InChI=1S/C19H20F3NO3S/c1-27(24,25)16-8-4-14(5-9-16)17-10-23-11-18(17)26-12-13-2-6-15(7-3-13)19(20,21)22/h2-9,17-18,23H,10-12H2,1H3/t17-,18+/m0/s1. The molecule has 4 nitrogen and oxygen atoms in total. The largest absolute Gasteiger partial charge is 0.416 e. The van der Waals surface area contributed by atoms with Crippen LogP contribution in [0.2, 0.25) is 0 Å². The molecule has 146 valence electrons. The molecule has 0 spiro atoms. The lowest BCUT2D eigenvalue weighted by Gasteiger charge is -2.20. The molecule has 0 aliphatic carbocycles. The maximum Gasteiger partial charge on any atom is 0.416 e. The molecule has 0 unspecified atom stereocenters. The summed E-state index contributed by atoms with van der Waals surface area (Å²) in [6, 6.07) is 11.7. The second-order valence-electron chi connectivity index (χ2n) is 6.65. The summed E-state index contributed by atoms with van der Waals surface area (Å²) >= 11 is 0. The lowest BCUT2D eigenvalue weighted by atomic mass is 9.96. The van der Waals surface area contributed by atoms with Gasteiger partial charge in [-0.3, -0.25) is 0 Å². The Balaban J connectivity index is 1.65. The molecule has 0 amide bonds. The van der Waals surface area contributed by atoms with E-state index < -0.39 is 21.6 Å². The van der Waals surface area contributed by atoms with Gasteiger partial charge in [0.1, 0.15) is 0 Å². The van der Waals surface area contributed by atoms with E-state index in [-0.39, 0.29) is 23.5 Å². The number of sulfone groups is 1. The maximum atomic E-state index is 12.6. The zero-order chi connectivity index (χ0) is 19.7. The van der Waals surface area contributed by atoms with Crippen molar-refractivity contribution in [3.05, 3.63) is 65.2 Å². The van der Waals surface area contributed by atoms with Crippen LogP contribution in [-0.4, -0.2) is 33.9 Å². The Morgan fingerprint density at radius 2 is 1.67 bits per heavy atom. The molecule has 0 saturated carbocycles. The van der Waals surface area contributed by atoms with Crippen molar-refractivity contribution in [2.45, 2.75) is 29.7 Å². The van der Waals surface area contributed by atoms with Crippen LogP contribution in [0, 0.1) is 0 Å². The number of alkyl halides is 3. The molecule has 0 bridgehead atoms. The summed E-state index contributed by atoms with van der Waals surface area (Å²) in [5, 5.41) is 3.24. The number of benzene rings is 2. The van der Waals surface area contributed by atoms with Crippen molar-refractivity contribution in [1.82, 2.24) is 5.32 Å². The minimum Gasteiger partial charge on any atom is -0.372 e. The average molecular weight is 399 g/mol. The monoisotopic (exact) mass is 399 g/mol. The molecule has 0 radical (unpaired) electrons. The van der Waals surface area contributed by atoms with Gasteiger partial charge in [0.2, 0.25) is 0 Å². The first-order valence-corrected chi connectivity index (χ1v) is 10.3. The van der Waals surface area contributed by atoms with Crippen LogP contribution in [0.25, 0.3) is 0 Å². The number of hydrogen-bond donors (Lipinski definition) is 1. The minimum absolute atomic E-state index is 0.0491. The van der Waals surface area contributed by atoms with Crippen molar-refractivity contribution in [3.63, 3.8) is 0 Å². The van der Waals surface area contributed by atoms with Crippen LogP contribution in [0.15, 0.2) is 53.4 Å². The Morgan fingerprint density at radius 3 is 2.22 bits per heavy atom. The van der Waals surface area contributed by atoms with Gasteiger partial charge < -0.3 is 10.1 Å². The van der Waals surface area contributed by atoms with Gasteiger partial charge in [-0.25, -0.2) is 8.42 Å². The van der Waals surface area contributed by atoms with E-state index in [9.17, 15) is 21.6 Å². The van der Waals surface area contributed by atoms with Crippen molar-refractivity contribution in [2.24, 2.45) is 0 Å². The smallest absolute Gasteiger partial charge is 0.372 e. The van der Waals surface area contributed by atoms with E-state index >= 15 is 0 Å². The fraction of sp³-hybridized carbons (Fsp3) is 0.368. The fourth-order valence-electron chi connectivity index (χ4n) is 3.12. The lowest BCUT2D eigenvalue weighted by molar-refractivity contribution is -0.137. The van der Waals surface area contributed by atoms with Gasteiger partial charge in [0, 0.05) is 25.3 Å². The third kappa shape index (κ3) is 4.88. The van der Waals surface area contributed by atoms with Gasteiger partial charge in [-0.1, -0.05) is 24.3 Å². The Hall–Kier alpha value is -1.90. The molecule has 2 aromatic rings. The summed E-state index contributed by atoms with van der Waals surface area (Å²) in [5.41, 5.74) is 0.948. The molecular weight excluding hydrogens is 379 g/mol. The molecule has 1 heterocycles. The second-order valence-corrected chi connectivity index (χ2v) is 8.67. The molecule has 27 heavy (non-hydrogen) atoms. The predicted molar refractivity (Wildman–Crippen MR) is 95.2 cm³/mol. The number of hydrogen-bond acceptors (Lipinski definition) is 4. The van der Waals surface area contributed by atoms with Gasteiger partial charge in [0.05, 0.1) is 23.2 Å². The van der Waals surface area contributed by atoms with Crippen molar-refractivity contribution in [3.8, 4) is 0 Å². The molecule has 2 aromatic carbocycles. The Labute approximate surface area is 156 Å². The summed E-state index contributed by atoms with van der Waals surface area (Å²) in [6.07, 6.45) is -3.33. The Morgan fingerprint density at radius 1 is 1.04 bits per heavy atom. The number of rotatable bonds is 5.